The molecule has 0 spiro atoms. The van der Waals surface area contributed by atoms with Gasteiger partial charge in [-0.15, -0.1) is 0 Å². The Morgan fingerprint density at radius 2 is 1.89 bits per heavy atom. The van der Waals surface area contributed by atoms with Crippen LogP contribution < -0.4 is 5.73 Å². The maximum atomic E-state index is 11.1. The molecule has 0 aliphatic carbocycles. The SMILES string of the molecule is CS(=O)(=O)CCCC(CN)(CO)c1ccccc1. The maximum absolute atomic E-state index is 11.1. The van der Waals surface area contributed by atoms with Crippen molar-refractivity contribution in [2.24, 2.45) is 5.73 Å². The van der Waals surface area contributed by atoms with Gasteiger partial charge in [-0.3, -0.25) is 0 Å². The first kappa shape index (κ1) is 15.1. The van der Waals surface area contributed by atoms with Crippen molar-refractivity contribution in [3.05, 3.63) is 35.9 Å². The largest absolute Gasteiger partial charge is 0.395 e. The van der Waals surface area contributed by atoms with Crippen LogP contribution in [0.5, 0.6) is 0 Å². The third kappa shape index (κ3) is 4.08. The van der Waals surface area contributed by atoms with Crippen LogP contribution in [0.25, 0.3) is 0 Å². The summed E-state index contributed by atoms with van der Waals surface area (Å²) in [6.45, 7) is 0.231. The fourth-order valence-electron chi connectivity index (χ4n) is 2.06. The van der Waals surface area contributed by atoms with Crippen molar-refractivity contribution in [2.75, 3.05) is 25.2 Å². The second-order valence-electron chi connectivity index (χ2n) is 4.74. The Kier molecular flexibility index (Phi) is 5.31. The molecule has 0 aliphatic heterocycles. The molecule has 0 fully saturated rings. The third-order valence-corrected chi connectivity index (χ3v) is 4.28. The van der Waals surface area contributed by atoms with Crippen molar-refractivity contribution >= 4 is 9.84 Å². The van der Waals surface area contributed by atoms with Gasteiger partial charge in [0.15, 0.2) is 0 Å². The summed E-state index contributed by atoms with van der Waals surface area (Å²) in [4.78, 5) is 0. The molecular weight excluding hydrogens is 250 g/mol. The van der Waals surface area contributed by atoms with Gasteiger partial charge < -0.3 is 10.8 Å². The van der Waals surface area contributed by atoms with Crippen LogP contribution in [-0.2, 0) is 15.3 Å². The van der Waals surface area contributed by atoms with E-state index in [0.29, 0.717) is 19.4 Å². The summed E-state index contributed by atoms with van der Waals surface area (Å²) in [5.74, 6) is 0.127. The highest BCUT2D eigenvalue weighted by Crippen LogP contribution is 2.28. The normalized spacial score (nSPS) is 15.3. The second-order valence-corrected chi connectivity index (χ2v) is 7.00. The topological polar surface area (TPSA) is 80.4 Å². The zero-order valence-electron chi connectivity index (χ0n) is 10.7. The van der Waals surface area contributed by atoms with Gasteiger partial charge in [0.1, 0.15) is 9.84 Å². The first-order valence-electron chi connectivity index (χ1n) is 5.98. The van der Waals surface area contributed by atoms with Gasteiger partial charge in [-0.05, 0) is 18.4 Å². The van der Waals surface area contributed by atoms with Crippen LogP contribution in [0.15, 0.2) is 30.3 Å². The van der Waals surface area contributed by atoms with E-state index in [1.54, 1.807) is 0 Å². The molecule has 0 heterocycles. The molecule has 5 heteroatoms. The molecule has 1 unspecified atom stereocenters. The van der Waals surface area contributed by atoms with Crippen molar-refractivity contribution in [2.45, 2.75) is 18.3 Å². The zero-order valence-corrected chi connectivity index (χ0v) is 11.5. The average Bonchev–Trinajstić information content (AvgIpc) is 2.35. The monoisotopic (exact) mass is 271 g/mol. The highest BCUT2D eigenvalue weighted by molar-refractivity contribution is 7.90. The highest BCUT2D eigenvalue weighted by atomic mass is 32.2. The lowest BCUT2D eigenvalue weighted by Gasteiger charge is -2.31. The molecule has 0 aliphatic rings. The molecule has 1 aromatic rings. The molecular formula is C13H21NO3S. The Bertz CT molecular complexity index is 452. The minimum Gasteiger partial charge on any atom is -0.395 e. The lowest BCUT2D eigenvalue weighted by molar-refractivity contribution is 0.187. The Balaban J connectivity index is 2.82. The predicted octanol–water partition coefficient (Wildman–Crippen LogP) is 0.700. The van der Waals surface area contributed by atoms with E-state index in [2.05, 4.69) is 0 Å². The fourth-order valence-corrected chi connectivity index (χ4v) is 2.73. The summed E-state index contributed by atoms with van der Waals surface area (Å²) in [7, 11) is -2.97. The maximum Gasteiger partial charge on any atom is 0.147 e. The molecule has 1 rings (SSSR count). The van der Waals surface area contributed by atoms with Gasteiger partial charge >= 0.3 is 0 Å². The van der Waals surface area contributed by atoms with Gasteiger partial charge in [-0.1, -0.05) is 30.3 Å². The molecule has 0 aromatic heterocycles. The molecule has 0 radical (unpaired) electrons. The van der Waals surface area contributed by atoms with Gasteiger partial charge in [-0.2, -0.15) is 0 Å². The van der Waals surface area contributed by atoms with Crippen molar-refractivity contribution in [3.8, 4) is 0 Å². The quantitative estimate of drug-likeness (QED) is 0.765. The molecule has 1 aromatic carbocycles. The van der Waals surface area contributed by atoms with E-state index in [0.717, 1.165) is 5.56 Å². The molecule has 0 amide bonds. The minimum absolute atomic E-state index is 0.0721. The van der Waals surface area contributed by atoms with Crippen LogP contribution in [0.4, 0.5) is 0 Å². The van der Waals surface area contributed by atoms with Crippen LogP contribution in [-0.4, -0.2) is 38.7 Å². The number of aliphatic hydroxyl groups is 1. The molecule has 0 saturated heterocycles. The van der Waals surface area contributed by atoms with E-state index >= 15 is 0 Å². The average molecular weight is 271 g/mol. The molecule has 1 atom stereocenters. The van der Waals surface area contributed by atoms with Gasteiger partial charge in [0.25, 0.3) is 0 Å². The van der Waals surface area contributed by atoms with Crippen LogP contribution in [0, 0.1) is 0 Å². The number of hydrogen-bond donors (Lipinski definition) is 2. The number of benzene rings is 1. The molecule has 102 valence electrons. The number of hydrogen-bond acceptors (Lipinski definition) is 4. The Morgan fingerprint density at radius 1 is 1.28 bits per heavy atom. The summed E-state index contributed by atoms with van der Waals surface area (Å²) in [5.41, 5.74) is 6.22. The fraction of sp³-hybridized carbons (Fsp3) is 0.538. The summed E-state index contributed by atoms with van der Waals surface area (Å²) in [6.07, 6.45) is 2.29. The van der Waals surface area contributed by atoms with Gasteiger partial charge in [0.05, 0.1) is 6.61 Å². The lowest BCUT2D eigenvalue weighted by atomic mass is 9.77. The summed E-state index contributed by atoms with van der Waals surface area (Å²) in [6, 6.07) is 9.53. The highest BCUT2D eigenvalue weighted by Gasteiger charge is 2.29. The first-order chi connectivity index (χ1) is 8.43. The smallest absolute Gasteiger partial charge is 0.147 e. The van der Waals surface area contributed by atoms with Crippen molar-refractivity contribution in [1.29, 1.82) is 0 Å². The predicted molar refractivity (Wildman–Crippen MR) is 73.2 cm³/mol. The standard InChI is InChI=1S/C13H21NO3S/c1-18(16,17)9-5-8-13(10-14,11-15)12-6-3-2-4-7-12/h2-4,6-7,15H,5,8-11,14H2,1H3. The van der Waals surface area contributed by atoms with E-state index in [1.807, 2.05) is 30.3 Å². The molecule has 0 saturated carbocycles. The van der Waals surface area contributed by atoms with E-state index in [1.165, 1.54) is 6.26 Å². The zero-order chi connectivity index (χ0) is 13.6. The van der Waals surface area contributed by atoms with Crippen LogP contribution in [0.2, 0.25) is 0 Å². The van der Waals surface area contributed by atoms with Crippen molar-refractivity contribution in [3.63, 3.8) is 0 Å². The van der Waals surface area contributed by atoms with Gasteiger partial charge in [-0.25, -0.2) is 8.42 Å². The Labute approximate surface area is 109 Å². The number of nitrogens with two attached hydrogens (primary N) is 1. The van der Waals surface area contributed by atoms with Crippen LogP contribution >= 0.6 is 0 Å². The van der Waals surface area contributed by atoms with E-state index in [9.17, 15) is 13.5 Å². The lowest BCUT2D eigenvalue weighted by Crippen LogP contribution is -2.39. The first-order valence-corrected chi connectivity index (χ1v) is 8.04. The summed E-state index contributed by atoms with van der Waals surface area (Å²) < 4.78 is 22.3. The van der Waals surface area contributed by atoms with E-state index < -0.39 is 15.3 Å². The molecule has 0 bridgehead atoms. The van der Waals surface area contributed by atoms with Crippen molar-refractivity contribution < 1.29 is 13.5 Å². The van der Waals surface area contributed by atoms with Crippen LogP contribution in [0.3, 0.4) is 0 Å². The molecule has 18 heavy (non-hydrogen) atoms. The third-order valence-electron chi connectivity index (χ3n) is 3.25. The summed E-state index contributed by atoms with van der Waals surface area (Å²) in [5, 5.41) is 9.63. The van der Waals surface area contributed by atoms with E-state index in [-0.39, 0.29) is 12.4 Å². The Hall–Kier alpha value is -0.910. The number of aliphatic hydroxyl groups excluding tert-OH is 1. The van der Waals surface area contributed by atoms with Crippen LogP contribution in [0.1, 0.15) is 18.4 Å². The molecule has 3 N–H and O–H groups in total. The second kappa shape index (κ2) is 6.31. The van der Waals surface area contributed by atoms with Gasteiger partial charge in [0.2, 0.25) is 0 Å². The van der Waals surface area contributed by atoms with Gasteiger partial charge in [0, 0.05) is 24.0 Å². The van der Waals surface area contributed by atoms with Crippen molar-refractivity contribution in [1.82, 2.24) is 0 Å². The number of rotatable bonds is 7. The summed E-state index contributed by atoms with van der Waals surface area (Å²) >= 11 is 0. The molecule has 4 nitrogen and oxygen atoms in total. The minimum atomic E-state index is -2.97. The van der Waals surface area contributed by atoms with E-state index in [4.69, 9.17) is 5.73 Å². The number of sulfone groups is 1. The Morgan fingerprint density at radius 3 is 2.33 bits per heavy atom.